The molecule has 1 fully saturated rings. The van der Waals surface area contributed by atoms with Gasteiger partial charge in [0.15, 0.2) is 0 Å². The lowest BCUT2D eigenvalue weighted by molar-refractivity contribution is -0.384. The summed E-state index contributed by atoms with van der Waals surface area (Å²) in [4.78, 5) is 12.4. The number of nitro groups is 1. The molecule has 0 bridgehead atoms. The molecule has 1 saturated heterocycles. The van der Waals surface area contributed by atoms with Gasteiger partial charge in [0.25, 0.3) is 5.69 Å². The largest absolute Gasteiger partial charge is 0.418 e. The fourth-order valence-electron chi connectivity index (χ4n) is 3.88. The molecule has 0 amide bonds. The number of nitrogens with one attached hydrogen (secondary N) is 1. The van der Waals surface area contributed by atoms with Gasteiger partial charge in [-0.25, -0.2) is 0 Å². The molecule has 188 valence electrons. The Hall–Kier alpha value is -1.88. The van der Waals surface area contributed by atoms with Crippen LogP contribution in [0.4, 0.5) is 30.2 Å². The van der Waals surface area contributed by atoms with Gasteiger partial charge in [-0.05, 0) is 32.8 Å². The molecule has 1 heterocycles. The zero-order valence-corrected chi connectivity index (χ0v) is 20.1. The monoisotopic (exact) mass is 497 g/mol. The number of morpholine rings is 1. The number of hydrogen-bond donors (Lipinski definition) is 1. The van der Waals surface area contributed by atoms with E-state index >= 15 is 0 Å². The Kier molecular flexibility index (Phi) is 9.15. The van der Waals surface area contributed by atoms with Gasteiger partial charge in [0, 0.05) is 19.2 Å². The highest BCUT2D eigenvalue weighted by molar-refractivity contribution is 7.55. The van der Waals surface area contributed by atoms with Crippen molar-refractivity contribution in [3.05, 3.63) is 27.8 Å². The van der Waals surface area contributed by atoms with Crippen LogP contribution < -0.4 is 10.2 Å². The Bertz CT molecular complexity index is 863. The predicted octanol–water partition coefficient (Wildman–Crippen LogP) is 5.64. The summed E-state index contributed by atoms with van der Waals surface area (Å²) in [6.45, 7) is 7.68. The molecule has 0 aliphatic carbocycles. The summed E-state index contributed by atoms with van der Waals surface area (Å²) in [6, 6.07) is 1.63. The first-order chi connectivity index (χ1) is 15.5. The highest BCUT2D eigenvalue weighted by Gasteiger charge is 2.50. The van der Waals surface area contributed by atoms with Crippen molar-refractivity contribution in [2.75, 3.05) is 49.7 Å². The Morgan fingerprint density at radius 3 is 2.09 bits per heavy atom. The van der Waals surface area contributed by atoms with Gasteiger partial charge >= 0.3 is 13.8 Å². The van der Waals surface area contributed by atoms with Crippen molar-refractivity contribution in [3.63, 3.8) is 0 Å². The normalized spacial score (nSPS) is 15.5. The molecular formula is C20H31F3N3O6P. The minimum absolute atomic E-state index is 0.0643. The number of anilines is 2. The van der Waals surface area contributed by atoms with E-state index in [2.05, 4.69) is 5.32 Å². The summed E-state index contributed by atoms with van der Waals surface area (Å²) in [5.41, 5.74) is -2.27. The Labute approximate surface area is 191 Å². The van der Waals surface area contributed by atoms with Gasteiger partial charge in [0.2, 0.25) is 0 Å². The van der Waals surface area contributed by atoms with E-state index in [1.165, 1.54) is 4.90 Å². The lowest BCUT2D eigenvalue weighted by atomic mass is 10.1. The molecule has 0 atom stereocenters. The van der Waals surface area contributed by atoms with Gasteiger partial charge in [-0.3, -0.25) is 14.7 Å². The average molecular weight is 497 g/mol. The number of nitro benzene ring substituents is 1. The smallest absolute Gasteiger partial charge is 0.378 e. The van der Waals surface area contributed by atoms with Crippen LogP contribution in [-0.4, -0.2) is 49.7 Å². The summed E-state index contributed by atoms with van der Waals surface area (Å²) >= 11 is 0. The first kappa shape index (κ1) is 27.4. The zero-order chi connectivity index (χ0) is 24.9. The molecular weight excluding hydrogens is 466 g/mol. The Morgan fingerprint density at radius 2 is 1.67 bits per heavy atom. The van der Waals surface area contributed by atoms with Crippen LogP contribution in [0.15, 0.2) is 12.1 Å². The second kappa shape index (κ2) is 11.0. The maximum absolute atomic E-state index is 13.9. The molecule has 0 unspecified atom stereocenters. The van der Waals surface area contributed by atoms with E-state index < -0.39 is 35.2 Å². The van der Waals surface area contributed by atoms with Crippen LogP contribution >= 0.6 is 7.60 Å². The fourth-order valence-corrected chi connectivity index (χ4v) is 6.16. The van der Waals surface area contributed by atoms with Crippen LogP contribution in [0.25, 0.3) is 0 Å². The van der Waals surface area contributed by atoms with Gasteiger partial charge in [0.1, 0.15) is 11.0 Å². The van der Waals surface area contributed by atoms with Crippen molar-refractivity contribution in [1.29, 1.82) is 0 Å². The van der Waals surface area contributed by atoms with Gasteiger partial charge in [-0.1, -0.05) is 13.8 Å². The lowest BCUT2D eigenvalue weighted by Crippen LogP contribution is -2.39. The van der Waals surface area contributed by atoms with Crippen LogP contribution in [0.1, 0.15) is 46.1 Å². The van der Waals surface area contributed by atoms with Crippen molar-refractivity contribution < 1.29 is 36.4 Å². The molecule has 1 aliphatic heterocycles. The summed E-state index contributed by atoms with van der Waals surface area (Å²) in [5.74, 6) is 0. The molecule has 2 rings (SSSR count). The van der Waals surface area contributed by atoms with E-state index in [4.69, 9.17) is 13.8 Å². The molecule has 0 saturated carbocycles. The molecule has 13 heteroatoms. The average Bonchev–Trinajstić information content (AvgIpc) is 2.77. The van der Waals surface area contributed by atoms with Gasteiger partial charge in [-0.2, -0.15) is 13.2 Å². The highest BCUT2D eigenvalue weighted by Crippen LogP contribution is 2.63. The first-order valence-corrected chi connectivity index (χ1v) is 12.4. The molecule has 1 N–H and O–H groups in total. The summed E-state index contributed by atoms with van der Waals surface area (Å²) < 4.78 is 71.5. The quantitative estimate of drug-likeness (QED) is 0.238. The van der Waals surface area contributed by atoms with Crippen molar-refractivity contribution in [2.24, 2.45) is 0 Å². The second-order valence-electron chi connectivity index (χ2n) is 7.44. The minimum Gasteiger partial charge on any atom is -0.378 e. The number of benzene rings is 1. The molecule has 1 aromatic carbocycles. The highest BCUT2D eigenvalue weighted by atomic mass is 31.2. The van der Waals surface area contributed by atoms with Crippen molar-refractivity contribution in [3.8, 4) is 0 Å². The number of rotatable bonds is 11. The SMILES string of the molecule is CCOP(=O)(OCC)C(CC)(CC)Nc1cc(N2CCOCC2)c(C(F)(F)F)cc1[N+](=O)[O-]. The summed E-state index contributed by atoms with van der Waals surface area (Å²) in [6.07, 6.45) is -4.44. The first-order valence-electron chi connectivity index (χ1n) is 10.9. The van der Waals surface area contributed by atoms with E-state index in [-0.39, 0.29) is 63.7 Å². The Morgan fingerprint density at radius 1 is 1.12 bits per heavy atom. The molecule has 1 aromatic rings. The molecule has 9 nitrogen and oxygen atoms in total. The van der Waals surface area contributed by atoms with Crippen LogP contribution in [-0.2, 0) is 24.5 Å². The third-order valence-corrected chi connectivity index (χ3v) is 8.62. The Balaban J connectivity index is 2.72. The van der Waals surface area contributed by atoms with Crippen LogP contribution in [0.3, 0.4) is 0 Å². The lowest BCUT2D eigenvalue weighted by Gasteiger charge is -2.39. The minimum atomic E-state index is -4.81. The molecule has 0 aromatic heterocycles. The molecule has 0 radical (unpaired) electrons. The predicted molar refractivity (Wildman–Crippen MR) is 119 cm³/mol. The fraction of sp³-hybridized carbons (Fsp3) is 0.700. The van der Waals surface area contributed by atoms with E-state index in [1.54, 1.807) is 27.7 Å². The number of ether oxygens (including phenoxy) is 1. The molecule has 0 spiro atoms. The van der Waals surface area contributed by atoms with Crippen molar-refractivity contribution in [1.82, 2.24) is 0 Å². The zero-order valence-electron chi connectivity index (χ0n) is 19.2. The van der Waals surface area contributed by atoms with E-state index in [0.29, 0.717) is 6.07 Å². The maximum Gasteiger partial charge on any atom is 0.418 e. The van der Waals surface area contributed by atoms with E-state index in [9.17, 15) is 27.9 Å². The molecule has 33 heavy (non-hydrogen) atoms. The van der Waals surface area contributed by atoms with Crippen LogP contribution in [0.2, 0.25) is 0 Å². The van der Waals surface area contributed by atoms with E-state index in [0.717, 1.165) is 6.07 Å². The number of alkyl halides is 3. The van der Waals surface area contributed by atoms with Gasteiger partial charge < -0.3 is 24.0 Å². The molecule has 1 aliphatic rings. The van der Waals surface area contributed by atoms with Crippen LogP contribution in [0.5, 0.6) is 0 Å². The summed E-state index contributed by atoms with van der Waals surface area (Å²) in [7, 11) is -3.86. The summed E-state index contributed by atoms with van der Waals surface area (Å²) in [5, 5.41) is 13.3. The topological polar surface area (TPSA) is 103 Å². The number of nitrogens with zero attached hydrogens (tertiary/aromatic N) is 2. The third kappa shape index (κ3) is 5.79. The van der Waals surface area contributed by atoms with Crippen LogP contribution in [0, 0.1) is 10.1 Å². The van der Waals surface area contributed by atoms with E-state index in [1.807, 2.05) is 0 Å². The van der Waals surface area contributed by atoms with Gasteiger partial charge in [-0.15, -0.1) is 0 Å². The van der Waals surface area contributed by atoms with Crippen molar-refractivity contribution in [2.45, 2.75) is 52.0 Å². The number of hydrogen-bond acceptors (Lipinski definition) is 8. The standard InChI is InChI=1S/C20H31F3N3O6P/c1-5-19(6-2,33(29,31-7-3)32-8-4)24-16-14-17(25-9-11-30-12-10-25)15(20(21,22)23)13-18(16)26(27)28/h13-14,24H,5-12H2,1-4H3. The van der Waals surface area contributed by atoms with Crippen molar-refractivity contribution >= 4 is 24.7 Å². The number of halogens is 3. The second-order valence-corrected chi connectivity index (χ2v) is 9.80. The third-order valence-electron chi connectivity index (χ3n) is 5.63. The maximum atomic E-state index is 13.9. The van der Waals surface area contributed by atoms with Gasteiger partial charge in [0.05, 0.1) is 42.6 Å².